The predicted octanol–water partition coefficient (Wildman–Crippen LogP) is 7.79. The van der Waals surface area contributed by atoms with Crippen LogP contribution in [0.5, 0.6) is 11.5 Å². The summed E-state index contributed by atoms with van der Waals surface area (Å²) in [6.07, 6.45) is 2.40. The summed E-state index contributed by atoms with van der Waals surface area (Å²) in [7, 11) is 0.249. The van der Waals surface area contributed by atoms with Crippen LogP contribution >= 0.6 is 0 Å². The molecule has 0 bridgehead atoms. The Morgan fingerprint density at radius 2 is 1.58 bits per heavy atom. The van der Waals surface area contributed by atoms with Crippen LogP contribution in [0.3, 0.4) is 0 Å². The molecule has 6 aromatic rings. The predicted molar refractivity (Wildman–Crippen MR) is 257 cm³/mol. The molecule has 1 fully saturated rings. The van der Waals surface area contributed by atoms with Crippen LogP contribution in [0.25, 0.3) is 32.8 Å². The lowest BCUT2D eigenvalue weighted by Crippen LogP contribution is -2.48. The Morgan fingerprint density at radius 1 is 0.879 bits per heavy atom. The molecule has 0 saturated carbocycles. The molecule has 0 unspecified atom stereocenters. The van der Waals surface area contributed by atoms with Crippen molar-refractivity contribution in [1.29, 1.82) is 0 Å². The van der Waals surface area contributed by atoms with Crippen molar-refractivity contribution in [2.24, 2.45) is 7.05 Å². The highest BCUT2D eigenvalue weighted by molar-refractivity contribution is 7.88. The number of amides is 1. The summed E-state index contributed by atoms with van der Waals surface area (Å²) < 4.78 is 53.4. The molecule has 1 saturated heterocycles. The van der Waals surface area contributed by atoms with Crippen molar-refractivity contribution in [2.45, 2.75) is 72.3 Å². The summed E-state index contributed by atoms with van der Waals surface area (Å²) in [6.45, 7) is 10.4. The molecule has 0 atom stereocenters. The number of carbonyl (C=O) groups is 2. The number of hydrogen-bond acceptors (Lipinski definition) is 11. The summed E-state index contributed by atoms with van der Waals surface area (Å²) in [4.78, 5) is 30.9. The monoisotopic (exact) mass is 922 g/mol. The van der Waals surface area contributed by atoms with Gasteiger partial charge in [-0.05, 0) is 88.2 Å². The molecule has 4 aromatic carbocycles. The molecule has 3 heterocycles. The van der Waals surface area contributed by atoms with E-state index in [0.29, 0.717) is 93.5 Å². The van der Waals surface area contributed by atoms with Crippen molar-refractivity contribution in [2.75, 3.05) is 64.1 Å². The van der Waals surface area contributed by atoms with Crippen molar-refractivity contribution in [3.8, 4) is 22.6 Å². The average molecular weight is 923 g/mol. The number of benzene rings is 4. The third kappa shape index (κ3) is 10.9. The molecular weight excluding hydrogens is 861 g/mol. The number of sulfonamides is 1. The van der Waals surface area contributed by atoms with Gasteiger partial charge in [0.05, 0.1) is 37.3 Å². The van der Waals surface area contributed by atoms with E-state index in [1.54, 1.807) is 30.6 Å². The van der Waals surface area contributed by atoms with Gasteiger partial charge in [-0.3, -0.25) is 4.68 Å². The molecule has 1 N–H and O–H groups in total. The number of piperazine rings is 1. The first kappa shape index (κ1) is 47.9. The van der Waals surface area contributed by atoms with Crippen molar-refractivity contribution in [1.82, 2.24) is 23.6 Å². The maximum atomic E-state index is 14.2. The van der Waals surface area contributed by atoms with E-state index >= 15 is 0 Å². The molecule has 7 rings (SSSR count). The molecule has 16 heteroatoms. The van der Waals surface area contributed by atoms with Crippen molar-refractivity contribution in [3.05, 3.63) is 108 Å². The topological polar surface area (TPSA) is 158 Å². The van der Waals surface area contributed by atoms with Gasteiger partial charge in [0.15, 0.2) is 0 Å². The van der Waals surface area contributed by atoms with E-state index < -0.39 is 27.7 Å². The van der Waals surface area contributed by atoms with Crippen LogP contribution in [-0.2, 0) is 52.7 Å². The summed E-state index contributed by atoms with van der Waals surface area (Å²) in [5, 5.41) is 18.7. The van der Waals surface area contributed by atoms with E-state index in [0.717, 1.165) is 44.2 Å². The van der Waals surface area contributed by atoms with Gasteiger partial charge in [-0.25, -0.2) is 18.0 Å². The van der Waals surface area contributed by atoms with E-state index in [1.807, 2.05) is 98.1 Å². The van der Waals surface area contributed by atoms with Gasteiger partial charge < -0.3 is 38.4 Å². The fraction of sp³-hybridized carbons (Fsp3) is 0.420. The second-order valence-electron chi connectivity index (χ2n) is 17.6. The Labute approximate surface area is 387 Å². The number of aryl methyl sites for hydroxylation is 3. The van der Waals surface area contributed by atoms with E-state index in [2.05, 4.69) is 17.0 Å². The smallest absolute Gasteiger partial charge is 0.410 e. The van der Waals surface area contributed by atoms with Gasteiger partial charge in [0, 0.05) is 81.0 Å². The summed E-state index contributed by atoms with van der Waals surface area (Å²) in [6, 6.07) is 27.7. The van der Waals surface area contributed by atoms with Crippen LogP contribution in [0.4, 0.5) is 10.5 Å². The first-order chi connectivity index (χ1) is 31.6. The highest BCUT2D eigenvalue weighted by Crippen LogP contribution is 2.39. The van der Waals surface area contributed by atoms with Crippen LogP contribution in [0, 0.1) is 0 Å². The zero-order valence-electron chi connectivity index (χ0n) is 39.1. The quantitative estimate of drug-likeness (QED) is 0.0663. The van der Waals surface area contributed by atoms with Crippen molar-refractivity contribution < 1.29 is 42.1 Å². The van der Waals surface area contributed by atoms with Crippen LogP contribution in [0.15, 0.2) is 84.9 Å². The lowest BCUT2D eigenvalue weighted by atomic mass is 9.98. The third-order valence-electron chi connectivity index (χ3n) is 11.8. The Morgan fingerprint density at radius 3 is 2.27 bits per heavy atom. The third-order valence-corrected chi connectivity index (χ3v) is 13.1. The highest BCUT2D eigenvalue weighted by atomic mass is 32.2. The largest absolute Gasteiger partial charge is 0.493 e. The molecule has 0 spiro atoms. The molecule has 352 valence electrons. The number of anilines is 1. The Bertz CT molecular complexity index is 2760. The molecule has 0 radical (unpaired) electrons. The Balaban J connectivity index is 1.22. The summed E-state index contributed by atoms with van der Waals surface area (Å²) in [5.41, 5.74) is 4.95. The lowest BCUT2D eigenvalue weighted by molar-refractivity contribution is 0.0294. The number of rotatable bonds is 18. The second-order valence-corrected chi connectivity index (χ2v) is 19.5. The molecule has 2 aromatic heterocycles. The molecule has 1 aliphatic heterocycles. The van der Waals surface area contributed by atoms with Gasteiger partial charge in [0.25, 0.3) is 0 Å². The molecular formula is C50H62N6O9S. The minimum atomic E-state index is -3.24. The lowest BCUT2D eigenvalue weighted by Gasteiger charge is -2.34. The SMILES string of the molecule is CCOC(=O)c1c(CCCOc2cccc3ccccc23)c2cccc(-c3c(COc4ccc(N5CCN(S(C)(=O)=O)CC5)cc4)nn(C)c3CO)c2n1CCCN(C)C(=O)OC(C)(C)C. The molecule has 0 aliphatic carbocycles. The normalized spacial score (nSPS) is 13.6. The number of aliphatic hydroxyl groups is 1. The number of aromatic nitrogens is 3. The highest BCUT2D eigenvalue weighted by Gasteiger charge is 2.29. The number of hydrogen-bond donors (Lipinski definition) is 1. The number of esters is 1. The van der Waals surface area contributed by atoms with Gasteiger partial charge >= 0.3 is 12.1 Å². The molecule has 15 nitrogen and oxygen atoms in total. The number of nitrogens with zero attached hydrogens (tertiary/aromatic N) is 6. The molecule has 66 heavy (non-hydrogen) atoms. The molecule has 1 aliphatic rings. The fourth-order valence-electron chi connectivity index (χ4n) is 8.64. The zero-order valence-corrected chi connectivity index (χ0v) is 39.9. The van der Waals surface area contributed by atoms with Gasteiger partial charge in [-0.1, -0.05) is 54.6 Å². The van der Waals surface area contributed by atoms with Crippen molar-refractivity contribution >= 4 is 49.4 Å². The van der Waals surface area contributed by atoms with E-state index in [1.165, 1.54) is 10.6 Å². The Hall–Kier alpha value is -6.10. The number of para-hydroxylation sites is 1. The Kier molecular flexibility index (Phi) is 14.9. The fourth-order valence-corrected chi connectivity index (χ4v) is 9.46. The summed E-state index contributed by atoms with van der Waals surface area (Å²) in [5.74, 6) is 0.952. The van der Waals surface area contributed by atoms with Crippen LogP contribution in [-0.4, -0.2) is 114 Å². The zero-order chi connectivity index (χ0) is 47.2. The van der Waals surface area contributed by atoms with E-state index in [9.17, 15) is 23.1 Å². The van der Waals surface area contributed by atoms with Crippen LogP contribution < -0.4 is 14.4 Å². The standard InChI is InChI=1S/C50H62N6O9S/c1-8-62-48(58)47-40(20-13-32-63-44-21-11-16-35-15-9-10-17-38(35)44)39-18-12-19-41(46(39)56(47)27-14-26-52(5)49(59)65-50(2,3)4)45-42(51-53(6)43(45)33-57)34-64-37-24-22-36(23-25-37)54-28-30-55(31-29-54)66(7,60)61/h9-12,15-19,21-25,57H,8,13-14,20,26-34H2,1-7H3. The second kappa shape index (κ2) is 20.6. The number of aliphatic hydroxyl groups excluding tert-OH is 1. The molecule has 1 amide bonds. The number of carbonyl (C=O) groups excluding carboxylic acids is 2. The number of ether oxygens (including phenoxy) is 4. The van der Waals surface area contributed by atoms with Crippen molar-refractivity contribution in [3.63, 3.8) is 0 Å². The minimum Gasteiger partial charge on any atom is -0.493 e. The number of fused-ring (bicyclic) bond motifs is 2. The van der Waals surface area contributed by atoms with Gasteiger partial charge in [0.2, 0.25) is 10.0 Å². The first-order valence-electron chi connectivity index (χ1n) is 22.5. The maximum Gasteiger partial charge on any atom is 0.410 e. The van der Waals surface area contributed by atoms with Gasteiger partial charge in [0.1, 0.15) is 35.1 Å². The van der Waals surface area contributed by atoms with E-state index in [4.69, 9.17) is 24.0 Å². The average Bonchev–Trinajstić information content (AvgIpc) is 3.79. The first-order valence-corrected chi connectivity index (χ1v) is 24.4. The van der Waals surface area contributed by atoms with Gasteiger partial charge in [-0.15, -0.1) is 0 Å². The van der Waals surface area contributed by atoms with Crippen LogP contribution in [0.2, 0.25) is 0 Å². The van der Waals surface area contributed by atoms with Crippen LogP contribution in [0.1, 0.15) is 68.0 Å². The minimum absolute atomic E-state index is 0.0798. The maximum absolute atomic E-state index is 14.2. The van der Waals surface area contributed by atoms with Gasteiger partial charge in [-0.2, -0.15) is 9.40 Å². The van der Waals surface area contributed by atoms with E-state index in [-0.39, 0.29) is 19.8 Å². The summed E-state index contributed by atoms with van der Waals surface area (Å²) >= 11 is 0.